The Morgan fingerprint density at radius 1 is 1.26 bits per heavy atom. The minimum atomic E-state index is -0.834. The van der Waals surface area contributed by atoms with Gasteiger partial charge in [0.15, 0.2) is 0 Å². The smallest absolute Gasteiger partial charge is 0.303 e. The minimum Gasteiger partial charge on any atom is -0.487 e. The van der Waals surface area contributed by atoms with Crippen molar-refractivity contribution in [2.45, 2.75) is 83.0 Å². The molecule has 3 aliphatic heterocycles. The molecule has 2 N–H and O–H groups in total. The van der Waals surface area contributed by atoms with Gasteiger partial charge in [-0.2, -0.15) is 5.10 Å². The second-order valence-corrected chi connectivity index (χ2v) is 10.7. The lowest BCUT2D eigenvalue weighted by atomic mass is 9.68. The first-order chi connectivity index (χ1) is 16.7. The molecule has 0 unspecified atom stereocenters. The van der Waals surface area contributed by atoms with Crippen LogP contribution in [0.5, 0.6) is 5.75 Å². The molecule has 0 aliphatic carbocycles. The van der Waals surface area contributed by atoms with Gasteiger partial charge in [0.25, 0.3) is 0 Å². The largest absolute Gasteiger partial charge is 0.487 e. The summed E-state index contributed by atoms with van der Waals surface area (Å²) in [5, 5.41) is 16.7. The van der Waals surface area contributed by atoms with Crippen LogP contribution < -0.4 is 4.74 Å². The zero-order chi connectivity index (χ0) is 24.8. The van der Waals surface area contributed by atoms with E-state index in [2.05, 4.69) is 10.2 Å². The number of carbonyl (C=O) groups excluding carboxylic acids is 1. The second-order valence-electron chi connectivity index (χ2n) is 10.7. The Hall–Kier alpha value is -2.87. The number of rotatable bonds is 6. The van der Waals surface area contributed by atoms with E-state index in [9.17, 15) is 14.7 Å². The molecule has 2 fully saturated rings. The predicted octanol–water partition coefficient (Wildman–Crippen LogP) is 4.11. The molecule has 4 atom stereocenters. The van der Waals surface area contributed by atoms with Crippen LogP contribution in [0.2, 0.25) is 0 Å². The summed E-state index contributed by atoms with van der Waals surface area (Å²) in [5.41, 5.74) is 3.03. The molecule has 8 heteroatoms. The highest BCUT2D eigenvalue weighted by Gasteiger charge is 2.57. The van der Waals surface area contributed by atoms with Crippen molar-refractivity contribution in [1.29, 1.82) is 0 Å². The second kappa shape index (κ2) is 8.97. The lowest BCUT2D eigenvalue weighted by Gasteiger charge is -2.54. The number of aliphatic carboxylic acids is 1. The molecule has 188 valence electrons. The van der Waals surface area contributed by atoms with Gasteiger partial charge >= 0.3 is 5.97 Å². The number of carboxylic acids is 1. The van der Waals surface area contributed by atoms with Crippen LogP contribution in [0, 0.1) is 19.8 Å². The Morgan fingerprint density at radius 3 is 2.80 bits per heavy atom. The van der Waals surface area contributed by atoms with E-state index in [1.807, 2.05) is 49.9 Å². The van der Waals surface area contributed by atoms with Gasteiger partial charge in [0, 0.05) is 36.6 Å². The maximum Gasteiger partial charge on any atom is 0.303 e. The zero-order valence-corrected chi connectivity index (χ0v) is 20.8. The van der Waals surface area contributed by atoms with Crippen molar-refractivity contribution in [2.24, 2.45) is 5.92 Å². The van der Waals surface area contributed by atoms with E-state index in [1.165, 1.54) is 0 Å². The number of aromatic amines is 1. The number of hydrogen-bond acceptors (Lipinski definition) is 5. The van der Waals surface area contributed by atoms with Crippen molar-refractivity contribution in [2.75, 3.05) is 13.2 Å². The van der Waals surface area contributed by atoms with Crippen LogP contribution in [0.15, 0.2) is 24.3 Å². The summed E-state index contributed by atoms with van der Waals surface area (Å²) in [6.07, 6.45) is 3.94. The number of amides is 1. The molecule has 2 aromatic rings. The number of carbonyl (C=O) groups is 2. The van der Waals surface area contributed by atoms with Crippen LogP contribution in [0.3, 0.4) is 0 Å². The molecular formula is C27H35N3O5. The third-order valence-electron chi connectivity index (χ3n) is 8.45. The van der Waals surface area contributed by atoms with E-state index in [1.54, 1.807) is 0 Å². The minimum absolute atomic E-state index is 0.0287. The third kappa shape index (κ3) is 4.22. The van der Waals surface area contributed by atoms with Crippen LogP contribution in [-0.4, -0.2) is 56.4 Å². The fourth-order valence-electron chi connectivity index (χ4n) is 6.51. The first kappa shape index (κ1) is 23.9. The number of benzene rings is 1. The number of aromatic nitrogens is 2. The lowest BCUT2D eigenvalue weighted by molar-refractivity contribution is -0.180. The fraction of sp³-hybridized carbons (Fsp3) is 0.593. The molecule has 8 nitrogen and oxygen atoms in total. The molecule has 1 aromatic heterocycles. The monoisotopic (exact) mass is 481 g/mol. The molecule has 4 heterocycles. The van der Waals surface area contributed by atoms with Crippen molar-refractivity contribution in [3.05, 3.63) is 46.8 Å². The Bertz CT molecular complexity index is 1110. The number of aryl methyl sites for hydroxylation is 2. The van der Waals surface area contributed by atoms with Gasteiger partial charge < -0.3 is 19.5 Å². The van der Waals surface area contributed by atoms with Crippen molar-refractivity contribution >= 4 is 11.9 Å². The molecule has 1 amide bonds. The first-order valence-corrected chi connectivity index (χ1v) is 12.6. The van der Waals surface area contributed by atoms with Crippen molar-refractivity contribution in [3.8, 4) is 5.75 Å². The van der Waals surface area contributed by atoms with Crippen molar-refractivity contribution in [3.63, 3.8) is 0 Å². The quantitative estimate of drug-likeness (QED) is 0.643. The van der Waals surface area contributed by atoms with Crippen LogP contribution in [-0.2, 0) is 20.7 Å². The van der Waals surface area contributed by atoms with E-state index in [0.717, 1.165) is 54.1 Å². The number of hydrogen-bond donors (Lipinski definition) is 2. The summed E-state index contributed by atoms with van der Waals surface area (Å²) in [7, 11) is 0. The number of likely N-dealkylation sites (tertiary alicyclic amines) is 1. The summed E-state index contributed by atoms with van der Waals surface area (Å²) in [6.45, 7) is 7.19. The molecule has 2 saturated heterocycles. The number of para-hydroxylation sites is 1. The number of fused-ring (bicyclic) bond motifs is 3. The Labute approximate surface area is 206 Å². The van der Waals surface area contributed by atoms with Gasteiger partial charge in [-0.25, -0.2) is 0 Å². The van der Waals surface area contributed by atoms with E-state index in [-0.39, 0.29) is 29.9 Å². The maximum atomic E-state index is 13.5. The molecule has 3 aliphatic rings. The molecular weight excluding hydrogens is 446 g/mol. The Morgan fingerprint density at radius 2 is 2.06 bits per heavy atom. The van der Waals surface area contributed by atoms with E-state index >= 15 is 0 Å². The fourth-order valence-corrected chi connectivity index (χ4v) is 6.51. The third-order valence-corrected chi connectivity index (χ3v) is 8.45. The average Bonchev–Trinajstić information content (AvgIpc) is 3.39. The molecule has 0 bridgehead atoms. The van der Waals surface area contributed by atoms with Crippen LogP contribution in [0.1, 0.15) is 74.1 Å². The van der Waals surface area contributed by atoms with Gasteiger partial charge in [0.2, 0.25) is 5.91 Å². The molecule has 35 heavy (non-hydrogen) atoms. The van der Waals surface area contributed by atoms with Gasteiger partial charge in [-0.3, -0.25) is 14.7 Å². The predicted molar refractivity (Wildman–Crippen MR) is 129 cm³/mol. The summed E-state index contributed by atoms with van der Waals surface area (Å²) in [6, 6.07) is 7.89. The highest BCUT2D eigenvalue weighted by Crippen LogP contribution is 2.55. The van der Waals surface area contributed by atoms with E-state index in [0.29, 0.717) is 25.9 Å². The molecule has 5 rings (SSSR count). The first-order valence-electron chi connectivity index (χ1n) is 12.6. The molecule has 0 saturated carbocycles. The summed E-state index contributed by atoms with van der Waals surface area (Å²) in [5.74, 6) is 0.0353. The van der Waals surface area contributed by atoms with Crippen molar-refractivity contribution < 1.29 is 24.2 Å². The molecule has 0 radical (unpaired) electrons. The number of carboxylic acid groups (broad SMARTS) is 1. The maximum absolute atomic E-state index is 13.5. The topological polar surface area (TPSA) is 105 Å². The van der Waals surface area contributed by atoms with Crippen LogP contribution in [0.4, 0.5) is 0 Å². The highest BCUT2D eigenvalue weighted by atomic mass is 16.5. The lowest BCUT2D eigenvalue weighted by Crippen LogP contribution is -2.60. The van der Waals surface area contributed by atoms with Crippen molar-refractivity contribution in [1.82, 2.24) is 15.1 Å². The zero-order valence-electron chi connectivity index (χ0n) is 20.8. The van der Waals surface area contributed by atoms with Gasteiger partial charge in [0.05, 0.1) is 23.9 Å². The standard InChI is InChI=1S/C27H35N3O5/c1-17-19(18(2)29-28-17)9-10-23(31)30-14-6-12-27(30)15-21-25(34-16-27)20-7-4-5-8-22(20)35-26(21,3)13-11-24(32)33/h4-5,7-8,21,25H,6,9-16H2,1-3H3,(H,28,29)(H,32,33)/t21-,25+,26+,27+/m1/s1. The summed E-state index contributed by atoms with van der Waals surface area (Å²) >= 11 is 0. The normalized spacial score (nSPS) is 29.5. The van der Waals surface area contributed by atoms with Crippen LogP contribution >= 0.6 is 0 Å². The Balaban J connectivity index is 1.39. The Kier molecular flexibility index (Phi) is 6.11. The highest BCUT2D eigenvalue weighted by molar-refractivity contribution is 5.78. The number of nitrogens with zero attached hydrogens (tertiary/aromatic N) is 2. The van der Waals surface area contributed by atoms with Gasteiger partial charge in [-0.1, -0.05) is 18.2 Å². The number of H-pyrrole nitrogens is 1. The summed E-state index contributed by atoms with van der Waals surface area (Å²) < 4.78 is 13.1. The van der Waals surface area contributed by atoms with Gasteiger partial charge in [-0.05, 0) is 64.5 Å². The molecule has 1 spiro atoms. The van der Waals surface area contributed by atoms with E-state index < -0.39 is 11.6 Å². The van der Waals surface area contributed by atoms with Gasteiger partial charge in [0.1, 0.15) is 11.4 Å². The van der Waals surface area contributed by atoms with E-state index in [4.69, 9.17) is 9.47 Å². The summed E-state index contributed by atoms with van der Waals surface area (Å²) in [4.78, 5) is 27.0. The molecule has 1 aromatic carbocycles. The number of ether oxygens (including phenoxy) is 2. The SMILES string of the molecule is Cc1n[nH]c(C)c1CCC(=O)N1CCC[C@]12CO[C@H]1c3ccccc3O[C@@](C)(CCC(=O)O)[C@@H]1C2. The van der Waals surface area contributed by atoms with Gasteiger partial charge in [-0.15, -0.1) is 0 Å². The van der Waals surface area contributed by atoms with Crippen LogP contribution in [0.25, 0.3) is 0 Å². The number of nitrogens with one attached hydrogen (secondary N) is 1. The average molecular weight is 482 g/mol.